The summed E-state index contributed by atoms with van der Waals surface area (Å²) >= 11 is 0. The number of fused-ring (bicyclic) bond motifs is 1. The lowest BCUT2D eigenvalue weighted by atomic mass is 9.96. The standard InChI is InChI=1S/C16H21F3N6O/c1-9-10(2)13(22-25-12(9)20-21-15(25)16(17,18)19)24-7-5-6-11(8-24)14(26)23(3)4/h11H,5-8H2,1-4H3. The number of carbonyl (C=O) groups is 1. The fourth-order valence-corrected chi connectivity index (χ4v) is 3.33. The van der Waals surface area contributed by atoms with E-state index in [1.54, 1.807) is 32.8 Å². The van der Waals surface area contributed by atoms with Crippen molar-refractivity contribution in [2.45, 2.75) is 32.9 Å². The Hall–Kier alpha value is -2.39. The van der Waals surface area contributed by atoms with Gasteiger partial charge in [-0.25, -0.2) is 0 Å². The highest BCUT2D eigenvalue weighted by atomic mass is 19.4. The number of nitrogens with zero attached hydrogens (tertiary/aromatic N) is 6. The van der Waals surface area contributed by atoms with Crippen LogP contribution in [0.3, 0.4) is 0 Å². The highest BCUT2D eigenvalue weighted by Crippen LogP contribution is 2.32. The lowest BCUT2D eigenvalue weighted by molar-refractivity contribution is -0.146. The van der Waals surface area contributed by atoms with Crippen LogP contribution in [0, 0.1) is 19.8 Å². The van der Waals surface area contributed by atoms with Crippen LogP contribution in [-0.2, 0) is 11.0 Å². The number of amides is 1. The smallest absolute Gasteiger partial charge is 0.354 e. The first-order valence-electron chi connectivity index (χ1n) is 8.37. The van der Waals surface area contributed by atoms with Gasteiger partial charge in [-0.1, -0.05) is 0 Å². The molecule has 0 aliphatic carbocycles. The zero-order valence-corrected chi connectivity index (χ0v) is 15.1. The van der Waals surface area contributed by atoms with E-state index in [9.17, 15) is 18.0 Å². The highest BCUT2D eigenvalue weighted by molar-refractivity contribution is 5.79. The number of aromatic nitrogens is 4. The number of rotatable bonds is 2. The van der Waals surface area contributed by atoms with E-state index in [0.29, 0.717) is 24.5 Å². The molecule has 3 rings (SSSR count). The van der Waals surface area contributed by atoms with E-state index in [4.69, 9.17) is 0 Å². The second-order valence-corrected chi connectivity index (χ2v) is 6.85. The van der Waals surface area contributed by atoms with Gasteiger partial charge in [-0.05, 0) is 26.7 Å². The van der Waals surface area contributed by atoms with Crippen molar-refractivity contribution in [3.8, 4) is 0 Å². The summed E-state index contributed by atoms with van der Waals surface area (Å²) in [6.07, 6.45) is -3.11. The Balaban J connectivity index is 2.04. The monoisotopic (exact) mass is 370 g/mol. The highest BCUT2D eigenvalue weighted by Gasteiger charge is 2.38. The first-order valence-corrected chi connectivity index (χ1v) is 8.37. The molecule has 1 saturated heterocycles. The maximum atomic E-state index is 13.2. The molecule has 1 fully saturated rings. The van der Waals surface area contributed by atoms with Crippen molar-refractivity contribution in [1.29, 1.82) is 0 Å². The summed E-state index contributed by atoms with van der Waals surface area (Å²) in [5.41, 5.74) is 1.44. The van der Waals surface area contributed by atoms with Crippen molar-refractivity contribution in [3.63, 3.8) is 0 Å². The summed E-state index contributed by atoms with van der Waals surface area (Å²) in [6, 6.07) is 0. The van der Waals surface area contributed by atoms with Gasteiger partial charge in [-0.2, -0.15) is 17.7 Å². The predicted octanol–water partition coefficient (Wildman–Crippen LogP) is 2.06. The molecule has 1 atom stereocenters. The average molecular weight is 370 g/mol. The molecule has 0 spiro atoms. The van der Waals surface area contributed by atoms with Crippen LogP contribution >= 0.6 is 0 Å². The van der Waals surface area contributed by atoms with Gasteiger partial charge in [0.05, 0.1) is 5.92 Å². The Morgan fingerprint density at radius 1 is 1.19 bits per heavy atom. The van der Waals surface area contributed by atoms with E-state index < -0.39 is 12.0 Å². The molecule has 26 heavy (non-hydrogen) atoms. The molecule has 7 nitrogen and oxygen atoms in total. The van der Waals surface area contributed by atoms with Gasteiger partial charge in [0.25, 0.3) is 5.82 Å². The molecule has 1 aliphatic rings. The summed E-state index contributed by atoms with van der Waals surface area (Å²) in [5, 5.41) is 11.1. The van der Waals surface area contributed by atoms with Crippen LogP contribution in [-0.4, -0.2) is 57.8 Å². The summed E-state index contributed by atoms with van der Waals surface area (Å²) in [6.45, 7) is 4.58. The minimum absolute atomic E-state index is 0.0189. The van der Waals surface area contributed by atoms with Gasteiger partial charge >= 0.3 is 6.18 Å². The van der Waals surface area contributed by atoms with Crippen molar-refractivity contribution < 1.29 is 18.0 Å². The maximum absolute atomic E-state index is 13.2. The molecule has 0 N–H and O–H groups in total. The average Bonchev–Trinajstić information content (AvgIpc) is 3.01. The van der Waals surface area contributed by atoms with Gasteiger partial charge in [-0.15, -0.1) is 15.3 Å². The Morgan fingerprint density at radius 2 is 1.88 bits per heavy atom. The third-order valence-corrected chi connectivity index (χ3v) is 4.83. The van der Waals surface area contributed by atoms with Gasteiger partial charge in [0.1, 0.15) is 0 Å². The lowest BCUT2D eigenvalue weighted by Crippen LogP contribution is -2.43. The molecule has 0 bridgehead atoms. The summed E-state index contributed by atoms with van der Waals surface area (Å²) < 4.78 is 40.3. The number of carbonyl (C=O) groups excluding carboxylic acids is 1. The van der Waals surface area contributed by atoms with Crippen LogP contribution in [0.15, 0.2) is 0 Å². The first kappa shape index (κ1) is 18.4. The molecule has 1 unspecified atom stereocenters. The lowest BCUT2D eigenvalue weighted by Gasteiger charge is -2.34. The Morgan fingerprint density at radius 3 is 2.50 bits per heavy atom. The number of hydrogen-bond acceptors (Lipinski definition) is 5. The number of piperidine rings is 1. The van der Waals surface area contributed by atoms with Crippen molar-refractivity contribution >= 4 is 17.4 Å². The maximum Gasteiger partial charge on any atom is 0.453 e. The van der Waals surface area contributed by atoms with E-state index in [-0.39, 0.29) is 17.5 Å². The minimum atomic E-state index is -4.64. The number of hydrogen-bond donors (Lipinski definition) is 0. The minimum Gasteiger partial charge on any atom is -0.354 e. The quantitative estimate of drug-likeness (QED) is 0.810. The topological polar surface area (TPSA) is 66.6 Å². The van der Waals surface area contributed by atoms with Crippen LogP contribution in [0.1, 0.15) is 29.8 Å². The molecule has 2 aromatic rings. The molecular formula is C16H21F3N6O. The van der Waals surface area contributed by atoms with Crippen LogP contribution in [0.2, 0.25) is 0 Å². The fourth-order valence-electron chi connectivity index (χ4n) is 3.33. The van der Waals surface area contributed by atoms with Gasteiger partial charge in [0, 0.05) is 38.3 Å². The normalized spacial score (nSPS) is 18.4. The van der Waals surface area contributed by atoms with Crippen LogP contribution in [0.5, 0.6) is 0 Å². The number of halogens is 3. The molecule has 1 amide bonds. The van der Waals surface area contributed by atoms with Crippen molar-refractivity contribution in [1.82, 2.24) is 24.7 Å². The third-order valence-electron chi connectivity index (χ3n) is 4.83. The second-order valence-electron chi connectivity index (χ2n) is 6.85. The Labute approximate surface area is 148 Å². The molecule has 142 valence electrons. The fraction of sp³-hybridized carbons (Fsp3) is 0.625. The van der Waals surface area contributed by atoms with Gasteiger partial charge in [-0.3, -0.25) is 4.79 Å². The Bertz CT molecular complexity index is 845. The molecule has 2 aromatic heterocycles. The number of alkyl halides is 3. The Kier molecular flexibility index (Phi) is 4.53. The SMILES string of the molecule is Cc1c(N2CCCC(C(=O)N(C)C)C2)nn2c(C(F)(F)F)nnc2c1C. The van der Waals surface area contributed by atoms with Crippen LogP contribution in [0.25, 0.3) is 5.65 Å². The molecule has 0 saturated carbocycles. The predicted molar refractivity (Wildman–Crippen MR) is 88.9 cm³/mol. The molecule has 1 aliphatic heterocycles. The van der Waals surface area contributed by atoms with Crippen LogP contribution in [0.4, 0.5) is 19.0 Å². The summed E-state index contributed by atoms with van der Waals surface area (Å²) in [4.78, 5) is 15.7. The molecule has 0 aromatic carbocycles. The molecule has 0 radical (unpaired) electrons. The van der Waals surface area contributed by atoms with E-state index in [0.717, 1.165) is 22.9 Å². The van der Waals surface area contributed by atoms with Gasteiger partial charge < -0.3 is 9.80 Å². The summed E-state index contributed by atoms with van der Waals surface area (Å²) in [5.74, 6) is -0.879. The first-order chi connectivity index (χ1) is 12.1. The van der Waals surface area contributed by atoms with Crippen molar-refractivity contribution in [3.05, 3.63) is 17.0 Å². The van der Waals surface area contributed by atoms with Crippen molar-refractivity contribution in [2.75, 3.05) is 32.1 Å². The number of aryl methyl sites for hydroxylation is 1. The summed E-state index contributed by atoms with van der Waals surface area (Å²) in [7, 11) is 3.40. The van der Waals surface area contributed by atoms with Crippen LogP contribution < -0.4 is 4.90 Å². The second kappa shape index (κ2) is 6.40. The zero-order valence-electron chi connectivity index (χ0n) is 15.1. The molecule has 10 heteroatoms. The van der Waals surface area contributed by atoms with E-state index >= 15 is 0 Å². The third kappa shape index (κ3) is 3.08. The van der Waals surface area contributed by atoms with Crippen molar-refractivity contribution in [2.24, 2.45) is 5.92 Å². The zero-order chi connectivity index (χ0) is 19.2. The number of anilines is 1. The van der Waals surface area contributed by atoms with Gasteiger partial charge in [0.2, 0.25) is 5.91 Å². The van der Waals surface area contributed by atoms with E-state index in [1.807, 2.05) is 4.90 Å². The largest absolute Gasteiger partial charge is 0.453 e. The van der Waals surface area contributed by atoms with Gasteiger partial charge in [0.15, 0.2) is 11.5 Å². The van der Waals surface area contributed by atoms with E-state index in [2.05, 4.69) is 15.3 Å². The molecular weight excluding hydrogens is 349 g/mol. The van der Waals surface area contributed by atoms with E-state index in [1.165, 1.54) is 0 Å². The molecule has 3 heterocycles.